The number of hydrogen-bond donors (Lipinski definition) is 0. The molecule has 2 nitrogen and oxygen atoms in total. The van der Waals surface area contributed by atoms with E-state index in [-0.39, 0.29) is 3.48 Å². The molecule has 1 rings (SSSR count). The molecule has 0 N–H and O–H groups in total. The van der Waals surface area contributed by atoms with Crippen molar-refractivity contribution in [1.29, 1.82) is 0 Å². The third-order valence-corrected chi connectivity index (χ3v) is 4.11. The van der Waals surface area contributed by atoms with Gasteiger partial charge in [0, 0.05) is 13.1 Å². The molecule has 0 saturated carbocycles. The highest BCUT2D eigenvalue weighted by atomic mass is 79.9. The Bertz CT molecular complexity index is 104. The van der Waals surface area contributed by atoms with Crippen LogP contribution in [0.15, 0.2) is 0 Å². The summed E-state index contributed by atoms with van der Waals surface area (Å²) in [6, 6.07) is 0. The van der Waals surface area contributed by atoms with Crippen LogP contribution < -0.4 is 0 Å². The number of nitrogens with zero attached hydrogens (tertiary/aromatic N) is 2. The summed E-state index contributed by atoms with van der Waals surface area (Å²) in [7, 11) is 4.15. The summed E-state index contributed by atoms with van der Waals surface area (Å²) in [5.41, 5.74) is 0. The number of rotatable bonds is 0. The van der Waals surface area contributed by atoms with E-state index >= 15 is 0 Å². The summed E-state index contributed by atoms with van der Waals surface area (Å²) < 4.78 is -0.0972. The summed E-state index contributed by atoms with van der Waals surface area (Å²) in [6.07, 6.45) is 0. The fraction of sp³-hybridized carbons (Fsp3) is 1.00. The zero-order chi connectivity index (χ0) is 7.07. The van der Waals surface area contributed by atoms with E-state index in [0.29, 0.717) is 0 Å². The summed E-state index contributed by atoms with van der Waals surface area (Å²) in [5.74, 6) is 0. The molecule has 0 amide bonds. The maximum Gasteiger partial charge on any atom is 0.188 e. The van der Waals surface area contributed by atoms with E-state index in [4.69, 9.17) is 0 Å². The van der Waals surface area contributed by atoms with Gasteiger partial charge in [0.15, 0.2) is 3.48 Å². The highest BCUT2D eigenvalue weighted by Gasteiger charge is 2.37. The Morgan fingerprint density at radius 2 is 1.44 bits per heavy atom. The Morgan fingerprint density at radius 3 is 1.56 bits per heavy atom. The van der Waals surface area contributed by atoms with Crippen molar-refractivity contribution >= 4 is 31.9 Å². The van der Waals surface area contributed by atoms with Crippen molar-refractivity contribution in [2.24, 2.45) is 0 Å². The van der Waals surface area contributed by atoms with Crippen molar-refractivity contribution in [3.8, 4) is 0 Å². The molecule has 0 unspecified atom stereocenters. The van der Waals surface area contributed by atoms with Crippen molar-refractivity contribution in [3.63, 3.8) is 0 Å². The average Bonchev–Trinajstić information content (AvgIpc) is 1.96. The first-order chi connectivity index (χ1) is 4.05. The van der Waals surface area contributed by atoms with Gasteiger partial charge in [0.1, 0.15) is 0 Å². The van der Waals surface area contributed by atoms with E-state index in [0.717, 1.165) is 13.1 Å². The predicted octanol–water partition coefficient (Wildman–Crippen LogP) is 1.26. The van der Waals surface area contributed by atoms with Crippen molar-refractivity contribution < 1.29 is 0 Å². The Kier molecular flexibility index (Phi) is 2.21. The predicted molar refractivity (Wildman–Crippen MR) is 45.8 cm³/mol. The van der Waals surface area contributed by atoms with Crippen LogP contribution in [0.2, 0.25) is 0 Å². The molecule has 54 valence electrons. The maximum atomic E-state index is 3.54. The van der Waals surface area contributed by atoms with Crippen molar-refractivity contribution in [1.82, 2.24) is 9.80 Å². The Balaban J connectivity index is 2.66. The molecule has 0 aromatic heterocycles. The maximum absolute atomic E-state index is 3.54. The van der Waals surface area contributed by atoms with Crippen LogP contribution in [0.1, 0.15) is 0 Å². The zero-order valence-corrected chi connectivity index (χ0v) is 8.74. The second-order valence-electron chi connectivity index (χ2n) is 2.35. The molecule has 0 radical (unpaired) electrons. The first kappa shape index (κ1) is 7.98. The average molecular weight is 258 g/mol. The van der Waals surface area contributed by atoms with Crippen LogP contribution in [0.3, 0.4) is 0 Å². The second-order valence-corrected chi connectivity index (χ2v) is 5.63. The van der Waals surface area contributed by atoms with Crippen molar-refractivity contribution in [2.45, 2.75) is 3.48 Å². The number of halogens is 2. The van der Waals surface area contributed by atoms with E-state index in [2.05, 4.69) is 55.8 Å². The molecule has 1 heterocycles. The van der Waals surface area contributed by atoms with E-state index in [1.807, 2.05) is 0 Å². The standard InChI is InChI=1S/C5H10Br2N2/c1-8-3-4-9(2)5(8,6)7/h3-4H2,1-2H3. The summed E-state index contributed by atoms with van der Waals surface area (Å²) >= 11 is 7.08. The fourth-order valence-electron chi connectivity index (χ4n) is 0.860. The quantitative estimate of drug-likeness (QED) is 0.476. The molecule has 0 aromatic rings. The van der Waals surface area contributed by atoms with Gasteiger partial charge in [-0.05, 0) is 46.0 Å². The SMILES string of the molecule is CN1CCN(C)C1(Br)Br. The molecule has 0 spiro atoms. The number of hydrogen-bond acceptors (Lipinski definition) is 2. The molecule has 1 aliphatic rings. The van der Waals surface area contributed by atoms with Crippen LogP contribution in [0.4, 0.5) is 0 Å². The van der Waals surface area contributed by atoms with E-state index < -0.39 is 0 Å². The highest BCUT2D eigenvalue weighted by molar-refractivity contribution is 9.25. The lowest BCUT2D eigenvalue weighted by molar-refractivity contribution is 0.260. The summed E-state index contributed by atoms with van der Waals surface area (Å²) in [6.45, 7) is 2.21. The molecular formula is C5H10Br2N2. The van der Waals surface area contributed by atoms with Gasteiger partial charge in [-0.15, -0.1) is 0 Å². The zero-order valence-electron chi connectivity index (χ0n) is 5.56. The topological polar surface area (TPSA) is 6.48 Å². The molecule has 9 heavy (non-hydrogen) atoms. The van der Waals surface area contributed by atoms with Gasteiger partial charge in [0.25, 0.3) is 0 Å². The molecular weight excluding hydrogens is 248 g/mol. The minimum atomic E-state index is -0.0972. The highest BCUT2D eigenvalue weighted by Crippen LogP contribution is 2.35. The largest absolute Gasteiger partial charge is 0.269 e. The smallest absolute Gasteiger partial charge is 0.188 e. The number of alkyl halides is 2. The normalized spacial score (nSPS) is 29.3. The van der Waals surface area contributed by atoms with Crippen molar-refractivity contribution in [3.05, 3.63) is 0 Å². The molecule has 0 bridgehead atoms. The fourth-order valence-corrected chi connectivity index (χ4v) is 1.57. The molecule has 1 saturated heterocycles. The van der Waals surface area contributed by atoms with Crippen LogP contribution in [0.25, 0.3) is 0 Å². The first-order valence-electron chi connectivity index (χ1n) is 2.85. The van der Waals surface area contributed by atoms with Crippen LogP contribution >= 0.6 is 31.9 Å². The van der Waals surface area contributed by atoms with Crippen LogP contribution in [0.5, 0.6) is 0 Å². The lowest BCUT2D eigenvalue weighted by atomic mass is 10.6. The minimum Gasteiger partial charge on any atom is -0.269 e. The molecule has 0 aliphatic carbocycles. The lowest BCUT2D eigenvalue weighted by Crippen LogP contribution is -2.38. The van der Waals surface area contributed by atoms with Crippen LogP contribution in [-0.4, -0.2) is 40.5 Å². The lowest BCUT2D eigenvalue weighted by Gasteiger charge is -2.28. The molecule has 1 aliphatic heterocycles. The molecule has 4 heteroatoms. The van der Waals surface area contributed by atoms with Gasteiger partial charge >= 0.3 is 0 Å². The van der Waals surface area contributed by atoms with Gasteiger partial charge in [0.05, 0.1) is 0 Å². The van der Waals surface area contributed by atoms with E-state index in [1.54, 1.807) is 0 Å². The van der Waals surface area contributed by atoms with E-state index in [1.165, 1.54) is 0 Å². The third-order valence-electron chi connectivity index (χ3n) is 1.69. The monoisotopic (exact) mass is 256 g/mol. The van der Waals surface area contributed by atoms with Gasteiger partial charge in [-0.3, -0.25) is 9.80 Å². The van der Waals surface area contributed by atoms with Gasteiger partial charge in [-0.1, -0.05) is 0 Å². The molecule has 1 fully saturated rings. The Hall–Kier alpha value is 0.880. The van der Waals surface area contributed by atoms with Gasteiger partial charge in [-0.25, -0.2) is 0 Å². The van der Waals surface area contributed by atoms with Crippen LogP contribution in [0, 0.1) is 0 Å². The second kappa shape index (κ2) is 2.49. The van der Waals surface area contributed by atoms with Gasteiger partial charge < -0.3 is 0 Å². The van der Waals surface area contributed by atoms with Crippen molar-refractivity contribution in [2.75, 3.05) is 27.2 Å². The number of likely N-dealkylation sites (N-methyl/N-ethyl adjacent to an activating group) is 2. The Morgan fingerprint density at radius 1 is 1.11 bits per heavy atom. The van der Waals surface area contributed by atoms with Gasteiger partial charge in [0.2, 0.25) is 0 Å². The third kappa shape index (κ3) is 1.31. The minimum absolute atomic E-state index is 0.0972. The molecule has 0 aromatic carbocycles. The van der Waals surface area contributed by atoms with E-state index in [9.17, 15) is 0 Å². The van der Waals surface area contributed by atoms with Crippen LogP contribution in [-0.2, 0) is 0 Å². The first-order valence-corrected chi connectivity index (χ1v) is 4.44. The Labute approximate surface area is 72.4 Å². The molecule has 0 atom stereocenters. The van der Waals surface area contributed by atoms with Gasteiger partial charge in [-0.2, -0.15) is 0 Å². The summed E-state index contributed by atoms with van der Waals surface area (Å²) in [4.78, 5) is 4.40. The summed E-state index contributed by atoms with van der Waals surface area (Å²) in [5, 5.41) is 0.